The summed E-state index contributed by atoms with van der Waals surface area (Å²) in [6.45, 7) is 0. The number of hydrogen-bond donors (Lipinski definition) is 0. The van der Waals surface area contributed by atoms with E-state index in [0.29, 0.717) is 18.7 Å². The Labute approximate surface area is 130 Å². The molecule has 1 unspecified atom stereocenters. The lowest BCUT2D eigenvalue weighted by atomic mass is 9.94. The number of benzene rings is 2. The first-order valence-corrected chi connectivity index (χ1v) is 7.65. The molecular formula is C16H14BrClF2. The molecule has 106 valence electrons. The highest BCUT2D eigenvalue weighted by Gasteiger charge is 2.13. The van der Waals surface area contributed by atoms with E-state index in [0.717, 1.165) is 15.6 Å². The molecule has 0 N–H and O–H groups in total. The van der Waals surface area contributed by atoms with Gasteiger partial charge in [-0.1, -0.05) is 28.1 Å². The second-order valence-corrected chi connectivity index (χ2v) is 5.96. The molecule has 20 heavy (non-hydrogen) atoms. The molecule has 0 saturated heterocycles. The second kappa shape index (κ2) is 7.19. The fourth-order valence-corrected chi connectivity index (χ4v) is 2.82. The standard InChI is InChI=1S/C16H14BrClF2/c17-16-5-4-15(20)9-13(16)7-12(10-18)6-11-2-1-3-14(19)8-11/h1-5,8-9,12H,6-7,10H2. The molecule has 2 rings (SSSR count). The van der Waals surface area contributed by atoms with Gasteiger partial charge in [0.15, 0.2) is 0 Å². The third kappa shape index (κ3) is 4.29. The molecule has 0 radical (unpaired) electrons. The molecule has 2 aromatic rings. The summed E-state index contributed by atoms with van der Waals surface area (Å²) in [5.74, 6) is 0.0704. The molecule has 4 heteroatoms. The van der Waals surface area contributed by atoms with Crippen LogP contribution in [0.4, 0.5) is 8.78 Å². The summed E-state index contributed by atoms with van der Waals surface area (Å²) in [6.07, 6.45) is 1.32. The van der Waals surface area contributed by atoms with Gasteiger partial charge < -0.3 is 0 Å². The molecule has 1 atom stereocenters. The summed E-state index contributed by atoms with van der Waals surface area (Å²) >= 11 is 9.41. The Hall–Kier alpha value is -0.930. The minimum absolute atomic E-state index is 0.136. The number of alkyl halides is 1. The van der Waals surface area contributed by atoms with Gasteiger partial charge in [-0.15, -0.1) is 11.6 Å². The van der Waals surface area contributed by atoms with Crippen LogP contribution >= 0.6 is 27.5 Å². The predicted octanol–water partition coefficient (Wildman–Crippen LogP) is 5.37. The van der Waals surface area contributed by atoms with E-state index >= 15 is 0 Å². The predicted molar refractivity (Wildman–Crippen MR) is 82.1 cm³/mol. The molecule has 0 spiro atoms. The molecule has 0 heterocycles. The molecule has 0 aliphatic heterocycles. The van der Waals surface area contributed by atoms with Crippen LogP contribution in [0.15, 0.2) is 46.9 Å². The van der Waals surface area contributed by atoms with Crippen molar-refractivity contribution in [2.45, 2.75) is 12.8 Å². The van der Waals surface area contributed by atoms with Crippen molar-refractivity contribution < 1.29 is 8.78 Å². The number of halogens is 4. The second-order valence-electron chi connectivity index (χ2n) is 4.79. The van der Waals surface area contributed by atoms with Gasteiger partial charge in [-0.05, 0) is 60.2 Å². The van der Waals surface area contributed by atoms with Crippen molar-refractivity contribution in [3.05, 3.63) is 69.7 Å². The first-order chi connectivity index (χ1) is 9.58. The van der Waals surface area contributed by atoms with Crippen molar-refractivity contribution in [3.8, 4) is 0 Å². The molecular weight excluding hydrogens is 346 g/mol. The fourth-order valence-electron chi connectivity index (χ4n) is 2.19. The lowest BCUT2D eigenvalue weighted by Crippen LogP contribution is -2.11. The van der Waals surface area contributed by atoms with E-state index < -0.39 is 0 Å². The van der Waals surface area contributed by atoms with Crippen molar-refractivity contribution in [1.82, 2.24) is 0 Å². The van der Waals surface area contributed by atoms with E-state index in [1.165, 1.54) is 24.3 Å². The Kier molecular flexibility index (Phi) is 5.55. The summed E-state index contributed by atoms with van der Waals surface area (Å²) in [4.78, 5) is 0. The monoisotopic (exact) mass is 358 g/mol. The van der Waals surface area contributed by atoms with Crippen LogP contribution in [0.3, 0.4) is 0 Å². The van der Waals surface area contributed by atoms with Gasteiger partial charge in [0.25, 0.3) is 0 Å². The van der Waals surface area contributed by atoms with Crippen LogP contribution in [0.5, 0.6) is 0 Å². The summed E-state index contributed by atoms with van der Waals surface area (Å²) in [6, 6.07) is 11.1. The average molecular weight is 360 g/mol. The van der Waals surface area contributed by atoms with Crippen LogP contribution in [0, 0.1) is 17.6 Å². The maximum absolute atomic E-state index is 13.3. The summed E-state index contributed by atoms with van der Waals surface area (Å²) in [5, 5.41) is 0. The number of rotatable bonds is 5. The molecule has 0 saturated carbocycles. The van der Waals surface area contributed by atoms with E-state index in [2.05, 4.69) is 15.9 Å². The smallest absolute Gasteiger partial charge is 0.123 e. The molecule has 0 nitrogen and oxygen atoms in total. The van der Waals surface area contributed by atoms with Gasteiger partial charge in [-0.25, -0.2) is 8.78 Å². The quantitative estimate of drug-likeness (QED) is 0.630. The van der Waals surface area contributed by atoms with Crippen LogP contribution in [-0.4, -0.2) is 5.88 Å². The van der Waals surface area contributed by atoms with Crippen LogP contribution in [0.1, 0.15) is 11.1 Å². The lowest BCUT2D eigenvalue weighted by Gasteiger charge is -2.15. The van der Waals surface area contributed by atoms with E-state index in [9.17, 15) is 8.78 Å². The zero-order valence-corrected chi connectivity index (χ0v) is 13.1. The molecule has 2 aromatic carbocycles. The van der Waals surface area contributed by atoms with Crippen molar-refractivity contribution in [2.75, 3.05) is 5.88 Å². The van der Waals surface area contributed by atoms with Gasteiger partial charge in [0.2, 0.25) is 0 Å². The van der Waals surface area contributed by atoms with Crippen molar-refractivity contribution in [2.24, 2.45) is 5.92 Å². The molecule has 0 aliphatic rings. The highest BCUT2D eigenvalue weighted by Crippen LogP contribution is 2.23. The van der Waals surface area contributed by atoms with Gasteiger partial charge in [-0.3, -0.25) is 0 Å². The van der Waals surface area contributed by atoms with E-state index in [4.69, 9.17) is 11.6 Å². The van der Waals surface area contributed by atoms with Gasteiger partial charge >= 0.3 is 0 Å². The Balaban J connectivity index is 2.11. The van der Waals surface area contributed by atoms with E-state index in [1.807, 2.05) is 6.07 Å². The SMILES string of the molecule is Fc1cccc(CC(CCl)Cc2cc(F)ccc2Br)c1. The van der Waals surface area contributed by atoms with Crippen LogP contribution < -0.4 is 0 Å². The Bertz CT molecular complexity index is 586. The zero-order valence-electron chi connectivity index (χ0n) is 10.8. The molecule has 0 aliphatic carbocycles. The van der Waals surface area contributed by atoms with Crippen molar-refractivity contribution >= 4 is 27.5 Å². The third-order valence-electron chi connectivity index (χ3n) is 3.15. The first-order valence-electron chi connectivity index (χ1n) is 6.33. The Morgan fingerprint density at radius 3 is 2.45 bits per heavy atom. The largest absolute Gasteiger partial charge is 0.207 e. The topological polar surface area (TPSA) is 0 Å². The highest BCUT2D eigenvalue weighted by molar-refractivity contribution is 9.10. The third-order valence-corrected chi connectivity index (χ3v) is 4.36. The molecule has 0 fully saturated rings. The number of hydrogen-bond acceptors (Lipinski definition) is 0. The minimum atomic E-state index is -0.262. The molecule has 0 bridgehead atoms. The van der Waals surface area contributed by atoms with Crippen LogP contribution in [0.25, 0.3) is 0 Å². The van der Waals surface area contributed by atoms with Gasteiger partial charge in [0.1, 0.15) is 11.6 Å². The normalized spacial score (nSPS) is 12.4. The Morgan fingerprint density at radius 2 is 1.75 bits per heavy atom. The van der Waals surface area contributed by atoms with Crippen molar-refractivity contribution in [3.63, 3.8) is 0 Å². The summed E-state index contributed by atoms with van der Waals surface area (Å²) < 4.78 is 27.3. The van der Waals surface area contributed by atoms with Crippen LogP contribution in [0.2, 0.25) is 0 Å². The van der Waals surface area contributed by atoms with E-state index in [1.54, 1.807) is 12.1 Å². The van der Waals surface area contributed by atoms with Crippen LogP contribution in [-0.2, 0) is 12.8 Å². The zero-order chi connectivity index (χ0) is 14.5. The Morgan fingerprint density at radius 1 is 1.00 bits per heavy atom. The maximum atomic E-state index is 13.3. The highest BCUT2D eigenvalue weighted by atomic mass is 79.9. The lowest BCUT2D eigenvalue weighted by molar-refractivity contribution is 0.569. The average Bonchev–Trinajstić information content (AvgIpc) is 2.42. The van der Waals surface area contributed by atoms with Gasteiger partial charge in [-0.2, -0.15) is 0 Å². The van der Waals surface area contributed by atoms with Gasteiger partial charge in [0, 0.05) is 10.4 Å². The minimum Gasteiger partial charge on any atom is -0.207 e. The van der Waals surface area contributed by atoms with E-state index in [-0.39, 0.29) is 17.6 Å². The first kappa shape index (κ1) is 15.5. The summed E-state index contributed by atoms with van der Waals surface area (Å²) in [5.41, 5.74) is 1.79. The molecule has 0 aromatic heterocycles. The maximum Gasteiger partial charge on any atom is 0.123 e. The van der Waals surface area contributed by atoms with Crippen molar-refractivity contribution in [1.29, 1.82) is 0 Å². The summed E-state index contributed by atoms with van der Waals surface area (Å²) in [7, 11) is 0. The molecule has 0 amide bonds. The van der Waals surface area contributed by atoms with Gasteiger partial charge in [0.05, 0.1) is 0 Å². The fraction of sp³-hybridized carbons (Fsp3) is 0.250.